The number of hydrogen-bond donors (Lipinski definition) is 0. The topological polar surface area (TPSA) is 0 Å². The molecule has 0 saturated carbocycles. The van der Waals surface area contributed by atoms with Gasteiger partial charge in [-0.15, -0.1) is 0 Å². The highest BCUT2D eigenvalue weighted by Crippen LogP contribution is 2.50. The normalized spacial score (nSPS) is 17.5. The fourth-order valence-electron chi connectivity index (χ4n) is 4.71. The Kier molecular flexibility index (Phi) is 9.32. The van der Waals surface area contributed by atoms with E-state index >= 15 is 0 Å². The highest BCUT2D eigenvalue weighted by molar-refractivity contribution is 5.84. The van der Waals surface area contributed by atoms with Crippen molar-refractivity contribution in [3.05, 3.63) is 89.0 Å². The van der Waals surface area contributed by atoms with Crippen molar-refractivity contribution in [3.8, 4) is 11.1 Å². The molecule has 0 fully saturated rings. The van der Waals surface area contributed by atoms with Gasteiger partial charge in [0.15, 0.2) is 0 Å². The third-order valence-corrected chi connectivity index (χ3v) is 6.95. The average Bonchev–Trinajstić information content (AvgIpc) is 2.93. The van der Waals surface area contributed by atoms with Gasteiger partial charge in [0.1, 0.15) is 0 Å². The second-order valence-electron chi connectivity index (χ2n) is 9.37. The van der Waals surface area contributed by atoms with Gasteiger partial charge in [-0.3, -0.25) is 0 Å². The first-order chi connectivity index (χ1) is 15.3. The molecule has 1 atom stereocenters. The lowest BCUT2D eigenvalue weighted by atomic mass is 9.79. The monoisotopic (exact) mass is 428 g/mol. The van der Waals surface area contributed by atoms with E-state index < -0.39 is 0 Å². The summed E-state index contributed by atoms with van der Waals surface area (Å²) in [4.78, 5) is 0. The van der Waals surface area contributed by atoms with Crippen LogP contribution in [0.25, 0.3) is 16.7 Å². The van der Waals surface area contributed by atoms with Gasteiger partial charge in [0.25, 0.3) is 0 Å². The van der Waals surface area contributed by atoms with Crippen LogP contribution < -0.4 is 0 Å². The molecular formula is C32H44. The van der Waals surface area contributed by atoms with E-state index in [-0.39, 0.29) is 5.41 Å². The summed E-state index contributed by atoms with van der Waals surface area (Å²) in [5.74, 6) is 0.614. The quantitative estimate of drug-likeness (QED) is 0.426. The zero-order valence-electron chi connectivity index (χ0n) is 21.8. The number of hydrogen-bond acceptors (Lipinski definition) is 0. The van der Waals surface area contributed by atoms with Crippen LogP contribution in [0.3, 0.4) is 0 Å². The molecule has 1 unspecified atom stereocenters. The molecule has 0 saturated heterocycles. The molecule has 172 valence electrons. The van der Waals surface area contributed by atoms with E-state index in [0.717, 1.165) is 12.8 Å². The van der Waals surface area contributed by atoms with Crippen molar-refractivity contribution in [2.75, 3.05) is 0 Å². The minimum absolute atomic E-state index is 0.0821. The third-order valence-electron chi connectivity index (χ3n) is 6.95. The van der Waals surface area contributed by atoms with Gasteiger partial charge in [-0.25, -0.2) is 0 Å². The predicted molar refractivity (Wildman–Crippen MR) is 145 cm³/mol. The molecule has 2 aromatic carbocycles. The Morgan fingerprint density at radius 2 is 1.62 bits per heavy atom. The minimum Gasteiger partial charge on any atom is -0.0999 e. The summed E-state index contributed by atoms with van der Waals surface area (Å²) in [6.07, 6.45) is 11.6. The fourth-order valence-corrected chi connectivity index (χ4v) is 4.71. The predicted octanol–water partition coefficient (Wildman–Crippen LogP) is 10.1. The van der Waals surface area contributed by atoms with Gasteiger partial charge >= 0.3 is 0 Å². The molecule has 2 aliphatic carbocycles. The van der Waals surface area contributed by atoms with Crippen LogP contribution in [0.15, 0.2) is 66.8 Å². The average molecular weight is 429 g/mol. The van der Waals surface area contributed by atoms with Crippen LogP contribution in [0.2, 0.25) is 0 Å². The van der Waals surface area contributed by atoms with Gasteiger partial charge in [-0.2, -0.15) is 0 Å². The molecule has 0 aromatic heterocycles. The maximum absolute atomic E-state index is 3.79. The molecule has 0 amide bonds. The summed E-state index contributed by atoms with van der Waals surface area (Å²) < 4.78 is 0. The molecule has 0 spiro atoms. The number of fused-ring (bicyclic) bond motifs is 3. The molecule has 0 radical (unpaired) electrons. The largest absolute Gasteiger partial charge is 0.0999 e. The van der Waals surface area contributed by atoms with Crippen LogP contribution in [0.1, 0.15) is 96.4 Å². The first kappa shape index (κ1) is 25.9. The fraction of sp³-hybridized carbons (Fsp3) is 0.438. The number of rotatable bonds is 3. The van der Waals surface area contributed by atoms with Crippen molar-refractivity contribution < 1.29 is 0 Å². The second-order valence-corrected chi connectivity index (χ2v) is 9.37. The molecule has 0 heteroatoms. The highest BCUT2D eigenvalue weighted by Gasteiger charge is 2.36. The van der Waals surface area contributed by atoms with E-state index in [1.54, 1.807) is 0 Å². The standard InChI is InChI=1S/C24H26.C6H12.C2H6/c1-16-10-6-5-7-11-18(16)20-15-23-21(14-17(20)2)19-12-8-9-13-22(19)24(23,3)4;1-4-6(3)5-2;1-2/h5,7-9,11-16H,6,10H2,1-4H3;3-5H2,1-2H3;1-2H3. The third kappa shape index (κ3) is 5.34. The van der Waals surface area contributed by atoms with E-state index in [0.29, 0.717) is 5.92 Å². The second kappa shape index (κ2) is 11.5. The van der Waals surface area contributed by atoms with Gasteiger partial charge in [-0.05, 0) is 83.5 Å². The zero-order valence-corrected chi connectivity index (χ0v) is 21.8. The molecular weight excluding hydrogens is 384 g/mol. The van der Waals surface area contributed by atoms with E-state index in [1.165, 1.54) is 57.4 Å². The zero-order chi connectivity index (χ0) is 23.9. The Morgan fingerprint density at radius 1 is 0.969 bits per heavy atom. The molecule has 2 aliphatic rings. The lowest BCUT2D eigenvalue weighted by Gasteiger charge is -2.24. The van der Waals surface area contributed by atoms with Crippen LogP contribution in [0.5, 0.6) is 0 Å². The van der Waals surface area contributed by atoms with Gasteiger partial charge in [0, 0.05) is 5.41 Å². The molecule has 0 heterocycles. The number of benzene rings is 2. The summed E-state index contributed by atoms with van der Waals surface area (Å²) in [7, 11) is 0. The van der Waals surface area contributed by atoms with Gasteiger partial charge in [-0.1, -0.05) is 109 Å². The summed E-state index contributed by atoms with van der Waals surface area (Å²) in [5.41, 5.74) is 11.5. The van der Waals surface area contributed by atoms with Crippen LogP contribution in [0.4, 0.5) is 0 Å². The van der Waals surface area contributed by atoms with Crippen molar-refractivity contribution in [2.45, 2.75) is 86.5 Å². The first-order valence-corrected chi connectivity index (χ1v) is 12.6. The Balaban J connectivity index is 0.000000396. The number of allylic oxidation sites excluding steroid dienone is 5. The Hall–Kier alpha value is -2.34. The minimum atomic E-state index is 0.0821. The molecule has 4 rings (SSSR count). The van der Waals surface area contributed by atoms with E-state index in [2.05, 4.69) is 103 Å². The summed E-state index contributed by atoms with van der Waals surface area (Å²) in [6, 6.07) is 13.8. The van der Waals surface area contributed by atoms with Crippen molar-refractivity contribution in [1.82, 2.24) is 0 Å². The molecule has 0 nitrogen and oxygen atoms in total. The van der Waals surface area contributed by atoms with Crippen molar-refractivity contribution >= 4 is 5.57 Å². The molecule has 0 N–H and O–H groups in total. The van der Waals surface area contributed by atoms with Crippen LogP contribution in [0, 0.1) is 12.8 Å². The summed E-state index contributed by atoms with van der Waals surface area (Å²) in [5, 5.41) is 0. The van der Waals surface area contributed by atoms with Gasteiger partial charge in [0.05, 0.1) is 0 Å². The van der Waals surface area contributed by atoms with Crippen molar-refractivity contribution in [1.29, 1.82) is 0 Å². The molecule has 0 bridgehead atoms. The van der Waals surface area contributed by atoms with Crippen LogP contribution >= 0.6 is 0 Å². The molecule has 2 aromatic rings. The van der Waals surface area contributed by atoms with E-state index in [4.69, 9.17) is 0 Å². The van der Waals surface area contributed by atoms with Gasteiger partial charge < -0.3 is 0 Å². The molecule has 0 aliphatic heterocycles. The van der Waals surface area contributed by atoms with Crippen LogP contribution in [-0.2, 0) is 5.41 Å². The Labute approximate surface area is 198 Å². The van der Waals surface area contributed by atoms with Crippen molar-refractivity contribution in [2.24, 2.45) is 5.92 Å². The van der Waals surface area contributed by atoms with Gasteiger partial charge in [0.2, 0.25) is 0 Å². The van der Waals surface area contributed by atoms with Crippen molar-refractivity contribution in [3.63, 3.8) is 0 Å². The summed E-state index contributed by atoms with van der Waals surface area (Å²) >= 11 is 0. The number of aryl methyl sites for hydroxylation is 1. The highest BCUT2D eigenvalue weighted by atomic mass is 14.4. The van der Waals surface area contributed by atoms with E-state index in [1.807, 2.05) is 13.8 Å². The first-order valence-electron chi connectivity index (χ1n) is 12.6. The SMILES string of the molecule is C=C(CC)CC.CC.Cc1cc2c(cc1C1=CC=CCCC1C)C(C)(C)c1ccccc1-2. The lowest BCUT2D eigenvalue weighted by molar-refractivity contribution is 0.657. The van der Waals surface area contributed by atoms with Crippen LogP contribution in [-0.4, -0.2) is 0 Å². The summed E-state index contributed by atoms with van der Waals surface area (Å²) in [6.45, 7) is 21.4. The lowest BCUT2D eigenvalue weighted by Crippen LogP contribution is -2.15. The Bertz CT molecular complexity index is 975. The maximum atomic E-state index is 3.79. The smallest absolute Gasteiger partial charge is 0.0159 e. The maximum Gasteiger partial charge on any atom is 0.0159 e. The molecule has 32 heavy (non-hydrogen) atoms. The Morgan fingerprint density at radius 3 is 2.25 bits per heavy atom. The van der Waals surface area contributed by atoms with E-state index in [9.17, 15) is 0 Å².